The molecule has 36 heavy (non-hydrogen) atoms. The van der Waals surface area contributed by atoms with Gasteiger partial charge in [-0.2, -0.15) is 0 Å². The van der Waals surface area contributed by atoms with Crippen LogP contribution in [0.5, 0.6) is 11.5 Å². The molecule has 1 fully saturated rings. The number of hydrogen-bond acceptors (Lipinski definition) is 6. The van der Waals surface area contributed by atoms with Gasteiger partial charge < -0.3 is 28.6 Å². The number of carbonyl (C=O) groups excluding carboxylic acids is 2. The molecule has 0 aliphatic carbocycles. The van der Waals surface area contributed by atoms with Gasteiger partial charge in [-0.15, -0.1) is 0 Å². The fourth-order valence-electron chi connectivity index (χ4n) is 4.46. The topological polar surface area (TPSA) is 86.1 Å². The highest BCUT2D eigenvalue weighted by Gasteiger charge is 2.32. The Labute approximate surface area is 211 Å². The van der Waals surface area contributed by atoms with Gasteiger partial charge in [0.25, 0.3) is 0 Å². The van der Waals surface area contributed by atoms with Crippen molar-refractivity contribution in [3.8, 4) is 11.5 Å². The first-order valence-corrected chi connectivity index (χ1v) is 12.2. The summed E-state index contributed by atoms with van der Waals surface area (Å²) in [5.41, 5.74) is 2.77. The third-order valence-electron chi connectivity index (χ3n) is 6.44. The number of aryl methyl sites for hydroxylation is 1. The lowest BCUT2D eigenvalue weighted by atomic mass is 10.2. The zero-order valence-electron chi connectivity index (χ0n) is 21.3. The average molecular weight is 495 g/mol. The Kier molecular flexibility index (Phi) is 8.10. The van der Waals surface area contributed by atoms with Crippen LogP contribution in [-0.4, -0.2) is 77.2 Å². The SMILES string of the molecule is COc1cc(CO[C@H]2CN(C(=O)CCn3cnc4ccccc43)CC(=O)N(C(C)C)C2)cc(OC)c1. The van der Waals surface area contributed by atoms with Crippen molar-refractivity contribution in [3.63, 3.8) is 0 Å². The van der Waals surface area contributed by atoms with Gasteiger partial charge in [0.1, 0.15) is 11.5 Å². The average Bonchev–Trinajstić information content (AvgIpc) is 3.21. The van der Waals surface area contributed by atoms with Crippen LogP contribution in [0.1, 0.15) is 25.8 Å². The number of methoxy groups -OCH3 is 2. The lowest BCUT2D eigenvalue weighted by Crippen LogP contribution is -2.42. The van der Waals surface area contributed by atoms with Gasteiger partial charge in [-0.1, -0.05) is 12.1 Å². The summed E-state index contributed by atoms with van der Waals surface area (Å²) >= 11 is 0. The molecule has 1 aliphatic heterocycles. The number of amides is 2. The fraction of sp³-hybridized carbons (Fsp3) is 0.444. The smallest absolute Gasteiger partial charge is 0.242 e. The van der Waals surface area contributed by atoms with Crippen molar-refractivity contribution < 1.29 is 23.8 Å². The molecule has 9 nitrogen and oxygen atoms in total. The summed E-state index contributed by atoms with van der Waals surface area (Å²) in [4.78, 5) is 34.0. The molecule has 2 aromatic carbocycles. The van der Waals surface area contributed by atoms with Crippen molar-refractivity contribution in [2.45, 2.75) is 45.6 Å². The molecule has 4 rings (SSSR count). The van der Waals surface area contributed by atoms with Crippen molar-refractivity contribution in [1.29, 1.82) is 0 Å². The van der Waals surface area contributed by atoms with E-state index in [0.29, 0.717) is 37.7 Å². The molecule has 1 atom stereocenters. The van der Waals surface area contributed by atoms with E-state index in [4.69, 9.17) is 14.2 Å². The first-order chi connectivity index (χ1) is 17.4. The number of hydrogen-bond donors (Lipinski definition) is 0. The lowest BCUT2D eigenvalue weighted by Gasteiger charge is -2.27. The molecule has 2 heterocycles. The first-order valence-electron chi connectivity index (χ1n) is 12.2. The standard InChI is InChI=1S/C27H34N4O5/c1-19(2)31-15-23(36-17-20-11-21(34-3)13-22(12-20)35-4)14-30(16-27(31)33)26(32)9-10-29-18-28-24-7-5-6-8-25(24)29/h5-8,11-13,18-19,23H,9-10,14-17H2,1-4H3/t23-/m0/s1. The minimum absolute atomic E-state index is 0.00729. The summed E-state index contributed by atoms with van der Waals surface area (Å²) in [6, 6.07) is 13.4. The number of nitrogens with zero attached hydrogens (tertiary/aromatic N) is 4. The van der Waals surface area contributed by atoms with Gasteiger partial charge in [-0.05, 0) is 43.7 Å². The van der Waals surface area contributed by atoms with E-state index in [9.17, 15) is 9.59 Å². The maximum atomic E-state index is 13.2. The Hall–Kier alpha value is -3.59. The van der Waals surface area contributed by atoms with Gasteiger partial charge in [0, 0.05) is 38.2 Å². The molecule has 0 saturated carbocycles. The van der Waals surface area contributed by atoms with E-state index in [1.165, 1.54) is 0 Å². The third kappa shape index (κ3) is 5.96. The molecule has 1 aromatic heterocycles. The summed E-state index contributed by atoms with van der Waals surface area (Å²) in [6.45, 7) is 5.57. The normalized spacial score (nSPS) is 16.5. The van der Waals surface area contributed by atoms with Gasteiger partial charge in [-0.25, -0.2) is 4.98 Å². The fourth-order valence-corrected chi connectivity index (χ4v) is 4.46. The predicted molar refractivity (Wildman–Crippen MR) is 136 cm³/mol. The van der Waals surface area contributed by atoms with Gasteiger partial charge >= 0.3 is 0 Å². The molecule has 0 bridgehead atoms. The van der Waals surface area contributed by atoms with E-state index in [-0.39, 0.29) is 36.9 Å². The summed E-state index contributed by atoms with van der Waals surface area (Å²) < 4.78 is 18.9. The highest BCUT2D eigenvalue weighted by Crippen LogP contribution is 2.24. The van der Waals surface area contributed by atoms with Crippen LogP contribution in [0.2, 0.25) is 0 Å². The Morgan fingerprint density at radius 3 is 2.50 bits per heavy atom. The molecule has 2 amide bonds. The largest absolute Gasteiger partial charge is 0.497 e. The minimum Gasteiger partial charge on any atom is -0.497 e. The molecule has 0 spiro atoms. The van der Waals surface area contributed by atoms with Gasteiger partial charge in [0.05, 0.1) is 50.8 Å². The van der Waals surface area contributed by atoms with Gasteiger partial charge in [0.15, 0.2) is 0 Å². The monoisotopic (exact) mass is 494 g/mol. The van der Waals surface area contributed by atoms with E-state index in [0.717, 1.165) is 16.6 Å². The Bertz CT molecular complexity index is 1190. The third-order valence-corrected chi connectivity index (χ3v) is 6.44. The number of rotatable bonds is 9. The second kappa shape index (κ2) is 11.4. The molecule has 3 aromatic rings. The molecule has 1 aliphatic rings. The Morgan fingerprint density at radius 1 is 1.08 bits per heavy atom. The Morgan fingerprint density at radius 2 is 1.81 bits per heavy atom. The predicted octanol–water partition coefficient (Wildman–Crippen LogP) is 3.11. The second-order valence-corrected chi connectivity index (χ2v) is 9.24. The quantitative estimate of drug-likeness (QED) is 0.454. The van der Waals surface area contributed by atoms with Crippen LogP contribution in [-0.2, 0) is 27.5 Å². The highest BCUT2D eigenvalue weighted by molar-refractivity contribution is 5.85. The number of fused-ring (bicyclic) bond motifs is 1. The van der Waals surface area contributed by atoms with E-state index in [1.807, 2.05) is 54.8 Å². The molecular weight excluding hydrogens is 460 g/mol. The lowest BCUT2D eigenvalue weighted by molar-refractivity contribution is -0.139. The number of benzene rings is 2. The van der Waals surface area contributed by atoms with Crippen molar-refractivity contribution >= 4 is 22.8 Å². The van der Waals surface area contributed by atoms with Crippen molar-refractivity contribution in [2.75, 3.05) is 33.9 Å². The molecule has 9 heteroatoms. The summed E-state index contributed by atoms with van der Waals surface area (Å²) in [5, 5.41) is 0. The number of para-hydroxylation sites is 2. The van der Waals surface area contributed by atoms with Gasteiger partial charge in [0.2, 0.25) is 11.8 Å². The summed E-state index contributed by atoms with van der Waals surface area (Å²) in [6.07, 6.45) is 1.70. The van der Waals surface area contributed by atoms with Crippen molar-refractivity contribution in [3.05, 3.63) is 54.4 Å². The second-order valence-electron chi connectivity index (χ2n) is 9.24. The minimum atomic E-state index is -0.325. The van der Waals surface area contributed by atoms with E-state index in [1.54, 1.807) is 36.4 Å². The number of ether oxygens (including phenoxy) is 3. The Balaban J connectivity index is 1.45. The number of aromatic nitrogens is 2. The van der Waals surface area contributed by atoms with E-state index >= 15 is 0 Å². The van der Waals surface area contributed by atoms with Crippen LogP contribution in [0.3, 0.4) is 0 Å². The summed E-state index contributed by atoms with van der Waals surface area (Å²) in [7, 11) is 3.21. The zero-order valence-corrected chi connectivity index (χ0v) is 21.3. The van der Waals surface area contributed by atoms with E-state index in [2.05, 4.69) is 4.98 Å². The maximum absolute atomic E-state index is 13.2. The van der Waals surface area contributed by atoms with Crippen LogP contribution >= 0.6 is 0 Å². The number of carbonyl (C=O) groups is 2. The van der Waals surface area contributed by atoms with Crippen LogP contribution < -0.4 is 9.47 Å². The summed E-state index contributed by atoms with van der Waals surface area (Å²) in [5.74, 6) is 1.21. The molecule has 0 unspecified atom stereocenters. The maximum Gasteiger partial charge on any atom is 0.242 e. The molecular formula is C27H34N4O5. The van der Waals surface area contributed by atoms with Gasteiger partial charge in [-0.3, -0.25) is 9.59 Å². The van der Waals surface area contributed by atoms with Crippen molar-refractivity contribution in [2.24, 2.45) is 0 Å². The highest BCUT2D eigenvalue weighted by atomic mass is 16.5. The molecule has 1 saturated heterocycles. The van der Waals surface area contributed by atoms with Crippen molar-refractivity contribution in [1.82, 2.24) is 19.4 Å². The number of imidazole rings is 1. The van der Waals surface area contributed by atoms with Crippen LogP contribution in [0.15, 0.2) is 48.8 Å². The van der Waals surface area contributed by atoms with Crippen LogP contribution in [0.4, 0.5) is 0 Å². The molecule has 192 valence electrons. The van der Waals surface area contributed by atoms with E-state index < -0.39 is 0 Å². The van der Waals surface area contributed by atoms with Crippen LogP contribution in [0, 0.1) is 0 Å². The zero-order chi connectivity index (χ0) is 25.7. The van der Waals surface area contributed by atoms with Crippen LogP contribution in [0.25, 0.3) is 11.0 Å². The first kappa shape index (κ1) is 25.5. The molecule has 0 N–H and O–H groups in total. The molecule has 0 radical (unpaired) electrons.